The van der Waals surface area contributed by atoms with E-state index in [0.29, 0.717) is 0 Å². The quantitative estimate of drug-likeness (QED) is 0.186. The zero-order chi connectivity index (χ0) is 5.41. The summed E-state index contributed by atoms with van der Waals surface area (Å²) in [5, 5.41) is 0. The molecule has 4 nitrogen and oxygen atoms in total. The summed E-state index contributed by atoms with van der Waals surface area (Å²) in [6, 6.07) is 0. The van der Waals surface area contributed by atoms with Crippen molar-refractivity contribution in [2.75, 3.05) is 7.05 Å². The number of nitrogens with one attached hydrogen (secondary N) is 1. The number of hydrogen-bond donors (Lipinski definition) is 3. The molecule has 0 heterocycles. The summed E-state index contributed by atoms with van der Waals surface area (Å²) in [4.78, 5) is 8.58. The number of hydrogen-bond acceptors (Lipinski definition) is 3. The van der Waals surface area contributed by atoms with Crippen molar-refractivity contribution < 1.29 is 4.79 Å². The molecular formula is C2H9N3O. The van der Waals surface area contributed by atoms with Crippen LogP contribution < -0.4 is 17.0 Å². The molecule has 0 saturated carbocycles. The zero-order valence-electron chi connectivity index (χ0n) is 3.64. The Morgan fingerprint density at radius 3 is 1.83 bits per heavy atom. The van der Waals surface area contributed by atoms with Crippen LogP contribution in [0.1, 0.15) is 0 Å². The van der Waals surface area contributed by atoms with E-state index in [1.807, 2.05) is 0 Å². The minimum Gasteiger partial charge on any atom is -0.372 e. The van der Waals surface area contributed by atoms with Gasteiger partial charge in [0.1, 0.15) is 0 Å². The summed E-state index contributed by atoms with van der Waals surface area (Å²) in [6.07, 6.45) is 0.250. The van der Waals surface area contributed by atoms with Gasteiger partial charge in [0.05, 0.1) is 0 Å². The predicted molar refractivity (Wildman–Crippen MR) is 23.5 cm³/mol. The molecular weight excluding hydrogens is 82.0 g/mol. The first kappa shape index (κ1) is 9.04. The van der Waals surface area contributed by atoms with Gasteiger partial charge in [0.25, 0.3) is 0 Å². The molecule has 0 aliphatic carbocycles. The second-order valence-electron chi connectivity index (χ2n) is 0.425. The molecule has 0 radical (unpaired) electrons. The topological polar surface area (TPSA) is 81.1 Å². The molecule has 0 aromatic heterocycles. The predicted octanol–water partition coefficient (Wildman–Crippen LogP) is -1.82. The fourth-order valence-electron chi connectivity index (χ4n) is 0. The Hall–Kier alpha value is -0.610. The highest BCUT2D eigenvalue weighted by atomic mass is 16.1. The highest BCUT2D eigenvalue weighted by molar-refractivity contribution is 5.42. The summed E-state index contributed by atoms with van der Waals surface area (Å²) in [5.74, 6) is 4.60. The molecule has 6 heavy (non-hydrogen) atoms. The van der Waals surface area contributed by atoms with Crippen LogP contribution >= 0.6 is 0 Å². The maximum atomic E-state index is 8.58. The molecule has 1 amide bonds. The van der Waals surface area contributed by atoms with Crippen molar-refractivity contribution in [3.05, 3.63) is 0 Å². The number of hydrazine groups is 1. The van der Waals surface area contributed by atoms with Crippen molar-refractivity contribution in [1.29, 1.82) is 0 Å². The lowest BCUT2D eigenvalue weighted by molar-refractivity contribution is -0.106. The summed E-state index contributed by atoms with van der Waals surface area (Å²) >= 11 is 0. The zero-order valence-corrected chi connectivity index (χ0v) is 3.64. The minimum atomic E-state index is 0.250. The molecule has 0 aliphatic rings. The van der Waals surface area contributed by atoms with Crippen LogP contribution in [0.15, 0.2) is 0 Å². The van der Waals surface area contributed by atoms with Gasteiger partial charge < -0.3 is 5.73 Å². The smallest absolute Gasteiger partial charge is 0.204 e. The minimum absolute atomic E-state index is 0.250. The average Bonchev–Trinajstić information content (AvgIpc) is 1.39. The molecule has 0 fully saturated rings. The van der Waals surface area contributed by atoms with Gasteiger partial charge in [-0.1, -0.05) is 0 Å². The van der Waals surface area contributed by atoms with Crippen molar-refractivity contribution in [3.63, 3.8) is 0 Å². The molecule has 0 rings (SSSR count). The third-order valence-electron chi connectivity index (χ3n) is 0. The molecule has 0 atom stereocenters. The summed E-state index contributed by atoms with van der Waals surface area (Å²) in [7, 11) is 1.65. The second kappa shape index (κ2) is 26.1. The van der Waals surface area contributed by atoms with Crippen LogP contribution in [0.5, 0.6) is 0 Å². The number of nitrogens with two attached hydrogens (primary N) is 2. The van der Waals surface area contributed by atoms with Crippen LogP contribution in [0.3, 0.4) is 0 Å². The van der Waals surface area contributed by atoms with Gasteiger partial charge >= 0.3 is 0 Å². The lowest BCUT2D eigenvalue weighted by Gasteiger charge is -1.62. The maximum Gasteiger partial charge on any atom is 0.204 e. The highest BCUT2D eigenvalue weighted by Crippen LogP contribution is 0.817. The Labute approximate surface area is 36.5 Å². The molecule has 38 valence electrons. The van der Waals surface area contributed by atoms with E-state index in [1.165, 1.54) is 0 Å². The summed E-state index contributed by atoms with van der Waals surface area (Å²) in [6.45, 7) is 0. The standard InChI is InChI=1S/CH6N2.CH3NO/c1-3-2;2-1-3/h3H,2H2,1H3;1H,(H2,2,3). The van der Waals surface area contributed by atoms with Gasteiger partial charge in [0.2, 0.25) is 6.41 Å². The number of carbonyl (C=O) groups excluding carboxylic acids is 1. The van der Waals surface area contributed by atoms with Crippen LogP contribution in [-0.2, 0) is 4.79 Å². The number of amides is 1. The van der Waals surface area contributed by atoms with Crippen LogP contribution in [0.2, 0.25) is 0 Å². The van der Waals surface area contributed by atoms with Gasteiger partial charge in [0.15, 0.2) is 0 Å². The van der Waals surface area contributed by atoms with Crippen LogP contribution in [0, 0.1) is 0 Å². The Kier molecular flexibility index (Phi) is 39.3. The summed E-state index contributed by atoms with van der Waals surface area (Å²) < 4.78 is 0. The molecule has 0 unspecified atom stereocenters. The van der Waals surface area contributed by atoms with E-state index in [0.717, 1.165) is 0 Å². The van der Waals surface area contributed by atoms with Crippen molar-refractivity contribution in [3.8, 4) is 0 Å². The monoisotopic (exact) mass is 91.1 g/mol. The molecule has 5 N–H and O–H groups in total. The molecule has 0 aromatic rings. The van der Waals surface area contributed by atoms with E-state index in [2.05, 4.69) is 17.0 Å². The Morgan fingerprint density at radius 1 is 1.83 bits per heavy atom. The van der Waals surface area contributed by atoms with E-state index >= 15 is 0 Å². The van der Waals surface area contributed by atoms with E-state index in [4.69, 9.17) is 4.79 Å². The fourth-order valence-corrected chi connectivity index (χ4v) is 0. The van der Waals surface area contributed by atoms with Crippen molar-refractivity contribution >= 4 is 6.41 Å². The van der Waals surface area contributed by atoms with E-state index in [1.54, 1.807) is 7.05 Å². The van der Waals surface area contributed by atoms with Crippen LogP contribution in [0.4, 0.5) is 0 Å². The largest absolute Gasteiger partial charge is 0.372 e. The third-order valence-corrected chi connectivity index (χ3v) is 0. The van der Waals surface area contributed by atoms with Crippen LogP contribution in [-0.4, -0.2) is 13.5 Å². The molecule has 0 saturated heterocycles. The van der Waals surface area contributed by atoms with Gasteiger partial charge in [-0.15, -0.1) is 0 Å². The van der Waals surface area contributed by atoms with E-state index in [9.17, 15) is 0 Å². The molecule has 4 heteroatoms. The maximum absolute atomic E-state index is 8.58. The first-order chi connectivity index (χ1) is 2.83. The number of carbonyl (C=O) groups is 1. The lowest BCUT2D eigenvalue weighted by atomic mass is 11.5. The Bertz CT molecular complexity index is 22.8. The van der Waals surface area contributed by atoms with Crippen molar-refractivity contribution in [2.24, 2.45) is 11.6 Å². The third kappa shape index (κ3) is 52.0. The Morgan fingerprint density at radius 2 is 1.83 bits per heavy atom. The molecule has 0 aliphatic heterocycles. The number of rotatable bonds is 0. The fraction of sp³-hybridized carbons (Fsp3) is 0.500. The molecule has 0 aromatic carbocycles. The van der Waals surface area contributed by atoms with Gasteiger partial charge in [-0.05, 0) is 7.05 Å². The van der Waals surface area contributed by atoms with Gasteiger partial charge in [-0.2, -0.15) is 0 Å². The number of primary amides is 1. The van der Waals surface area contributed by atoms with Crippen LogP contribution in [0.25, 0.3) is 0 Å². The SMILES string of the molecule is CNN.NC=O. The van der Waals surface area contributed by atoms with Crippen molar-refractivity contribution in [2.45, 2.75) is 0 Å². The normalized spacial score (nSPS) is 5.00. The van der Waals surface area contributed by atoms with Gasteiger partial charge in [-0.3, -0.25) is 16.1 Å². The average molecular weight is 91.1 g/mol. The van der Waals surface area contributed by atoms with E-state index in [-0.39, 0.29) is 6.41 Å². The van der Waals surface area contributed by atoms with E-state index < -0.39 is 0 Å². The molecule has 0 spiro atoms. The van der Waals surface area contributed by atoms with Gasteiger partial charge in [-0.25, -0.2) is 0 Å². The Balaban J connectivity index is 0. The lowest BCUT2D eigenvalue weighted by Crippen LogP contribution is -2.13. The van der Waals surface area contributed by atoms with Crippen molar-refractivity contribution in [1.82, 2.24) is 5.43 Å². The second-order valence-corrected chi connectivity index (χ2v) is 0.425. The molecule has 0 bridgehead atoms. The first-order valence-corrected chi connectivity index (χ1v) is 1.36. The van der Waals surface area contributed by atoms with Gasteiger partial charge in [0, 0.05) is 0 Å². The summed E-state index contributed by atoms with van der Waals surface area (Å²) in [5.41, 5.74) is 6.42. The first-order valence-electron chi connectivity index (χ1n) is 1.36. The highest BCUT2D eigenvalue weighted by Gasteiger charge is 1.22.